The molecule has 0 fully saturated rings. The maximum Gasteiger partial charge on any atom is 0.161 e. The average molecular weight is 562 g/mol. The Morgan fingerprint density at radius 1 is 0.718 bits per heavy atom. The molecule has 4 aromatic rings. The molecule has 0 aliphatic carbocycles. The van der Waals surface area contributed by atoms with Crippen LogP contribution in [0, 0.1) is 0 Å². The summed E-state index contributed by atoms with van der Waals surface area (Å²) in [5, 5.41) is 3.51. The first-order valence-corrected chi connectivity index (χ1v) is 15.2. The molecule has 7 heteroatoms. The Morgan fingerprint density at radius 2 is 1.23 bits per heavy atom. The van der Waals surface area contributed by atoms with Crippen molar-refractivity contribution >= 4 is 34.8 Å². The second kappa shape index (κ2) is 12.8. The molecule has 4 rings (SSSR count). The smallest absolute Gasteiger partial charge is 0.161 e. The van der Waals surface area contributed by atoms with Gasteiger partial charge in [-0.2, -0.15) is 0 Å². The molecule has 4 aromatic carbocycles. The van der Waals surface area contributed by atoms with Crippen LogP contribution in [0.2, 0.25) is 0 Å². The van der Waals surface area contributed by atoms with Crippen molar-refractivity contribution in [2.45, 2.75) is 31.6 Å². The minimum atomic E-state index is -1.35. The highest BCUT2D eigenvalue weighted by atomic mass is 32.2. The van der Waals surface area contributed by atoms with Crippen LogP contribution in [-0.2, 0) is 11.0 Å². The van der Waals surface area contributed by atoms with Gasteiger partial charge in [0.05, 0.1) is 43.1 Å². The third kappa shape index (κ3) is 6.70. The number of rotatable bonds is 10. The Bertz CT molecular complexity index is 1350. The molecule has 0 saturated heterocycles. The molecule has 0 radical (unpaired) electrons. The molecule has 5 nitrogen and oxygen atoms in total. The summed E-state index contributed by atoms with van der Waals surface area (Å²) in [5.74, 6) is 2.04. The van der Waals surface area contributed by atoms with E-state index in [4.69, 9.17) is 14.2 Å². The lowest BCUT2D eigenvalue weighted by Gasteiger charge is -2.30. The van der Waals surface area contributed by atoms with E-state index in [0.717, 1.165) is 22.2 Å². The fourth-order valence-corrected chi connectivity index (χ4v) is 7.61. The van der Waals surface area contributed by atoms with Crippen LogP contribution in [0.3, 0.4) is 0 Å². The van der Waals surface area contributed by atoms with Crippen LogP contribution in [0.15, 0.2) is 97.1 Å². The molecule has 0 spiro atoms. The van der Waals surface area contributed by atoms with E-state index in [0.29, 0.717) is 11.5 Å². The predicted octanol–water partition coefficient (Wildman–Crippen LogP) is 5.61. The maximum absolute atomic E-state index is 13.6. The van der Waals surface area contributed by atoms with Gasteiger partial charge in [0.25, 0.3) is 0 Å². The fourth-order valence-electron chi connectivity index (χ4n) is 4.28. The van der Waals surface area contributed by atoms with Gasteiger partial charge >= 0.3 is 0 Å². The Kier molecular flexibility index (Phi) is 9.45. The van der Waals surface area contributed by atoms with Gasteiger partial charge in [0.15, 0.2) is 11.5 Å². The molecule has 0 bridgehead atoms. The molecule has 0 heterocycles. The van der Waals surface area contributed by atoms with Crippen molar-refractivity contribution in [3.8, 4) is 17.2 Å². The Labute approximate surface area is 235 Å². The molecule has 0 amide bonds. The molecule has 0 saturated carbocycles. The Hall–Kier alpha value is -3.18. The first-order valence-electron chi connectivity index (χ1n) is 12.7. The first kappa shape index (κ1) is 28.8. The van der Waals surface area contributed by atoms with Crippen LogP contribution in [0.5, 0.6) is 17.2 Å². The average Bonchev–Trinajstić information content (AvgIpc) is 2.96. The molecule has 0 aromatic heterocycles. The summed E-state index contributed by atoms with van der Waals surface area (Å²) in [6.45, 7) is 5.91. The van der Waals surface area contributed by atoms with E-state index in [-0.39, 0.29) is 6.04 Å². The number of hydrogen-bond donors (Lipinski definition) is 1. The van der Waals surface area contributed by atoms with Crippen molar-refractivity contribution in [1.29, 1.82) is 0 Å². The molecular formula is C32H36NO4PS. The summed E-state index contributed by atoms with van der Waals surface area (Å²) in [4.78, 5) is 0. The van der Waals surface area contributed by atoms with Gasteiger partial charge in [-0.25, -0.2) is 8.93 Å². The zero-order valence-electron chi connectivity index (χ0n) is 23.3. The van der Waals surface area contributed by atoms with E-state index < -0.39 is 23.7 Å². The normalized spacial score (nSPS) is 13.1. The summed E-state index contributed by atoms with van der Waals surface area (Å²) in [5.41, 5.74) is 1.95. The van der Waals surface area contributed by atoms with Crippen LogP contribution in [0.1, 0.15) is 37.9 Å². The second-order valence-electron chi connectivity index (χ2n) is 9.98. The zero-order chi connectivity index (χ0) is 28.0. The Balaban J connectivity index is 2.02. The van der Waals surface area contributed by atoms with Gasteiger partial charge in [-0.1, -0.05) is 72.8 Å². The fraction of sp³-hybridized carbons (Fsp3) is 0.250. The second-order valence-corrected chi connectivity index (χ2v) is 14.2. The number of ether oxygens (including phenoxy) is 3. The molecule has 39 heavy (non-hydrogen) atoms. The minimum Gasteiger partial charge on any atom is -0.497 e. The summed E-state index contributed by atoms with van der Waals surface area (Å²) in [6.07, 6.45) is 0. The standard InChI is InChI=1S/C32H36NO4PS/c1-32(2,3)39(34)33-31(23-17-19-24(35-4)20-18-23)27-21-28(36-5)29(37-6)22-30(27)38(25-13-9-7-10-14-25)26-15-11-8-12-16-26/h7-22,31,33H,1-6H3. The highest BCUT2D eigenvalue weighted by molar-refractivity contribution is 7.84. The molecule has 0 aliphatic heterocycles. The third-order valence-electron chi connectivity index (χ3n) is 6.34. The van der Waals surface area contributed by atoms with Crippen molar-refractivity contribution in [1.82, 2.24) is 4.72 Å². The van der Waals surface area contributed by atoms with E-state index in [1.54, 1.807) is 21.3 Å². The molecule has 0 aliphatic rings. The minimum absolute atomic E-state index is 0.386. The highest BCUT2D eigenvalue weighted by Gasteiger charge is 2.30. The summed E-state index contributed by atoms with van der Waals surface area (Å²) < 4.78 is 33.6. The lowest BCUT2D eigenvalue weighted by Crippen LogP contribution is -2.38. The molecular weight excluding hydrogens is 525 g/mol. The predicted molar refractivity (Wildman–Crippen MR) is 164 cm³/mol. The summed E-state index contributed by atoms with van der Waals surface area (Å²) in [6, 6.07) is 32.6. The quantitative estimate of drug-likeness (QED) is 0.256. The van der Waals surface area contributed by atoms with Crippen molar-refractivity contribution < 1.29 is 18.4 Å². The van der Waals surface area contributed by atoms with E-state index in [1.807, 2.05) is 63.2 Å². The van der Waals surface area contributed by atoms with Crippen LogP contribution in [-0.4, -0.2) is 30.3 Å². The third-order valence-corrected chi connectivity index (χ3v) is 10.4. The Morgan fingerprint density at radius 3 is 1.69 bits per heavy atom. The van der Waals surface area contributed by atoms with Gasteiger partial charge < -0.3 is 14.2 Å². The van der Waals surface area contributed by atoms with Gasteiger partial charge in [-0.3, -0.25) is 0 Å². The van der Waals surface area contributed by atoms with Crippen molar-refractivity contribution in [3.63, 3.8) is 0 Å². The van der Waals surface area contributed by atoms with E-state index in [1.165, 1.54) is 10.6 Å². The monoisotopic (exact) mass is 561 g/mol. The van der Waals surface area contributed by atoms with Crippen LogP contribution in [0.25, 0.3) is 0 Å². The zero-order valence-corrected chi connectivity index (χ0v) is 25.0. The van der Waals surface area contributed by atoms with E-state index in [2.05, 4.69) is 59.3 Å². The number of hydrogen-bond acceptors (Lipinski definition) is 4. The summed E-state index contributed by atoms with van der Waals surface area (Å²) >= 11 is 0. The lowest BCUT2D eigenvalue weighted by molar-refractivity contribution is 0.354. The van der Waals surface area contributed by atoms with Gasteiger partial charge in [0.2, 0.25) is 0 Å². The topological polar surface area (TPSA) is 56.8 Å². The van der Waals surface area contributed by atoms with E-state index in [9.17, 15) is 4.21 Å². The first-order chi connectivity index (χ1) is 18.8. The number of methoxy groups -OCH3 is 3. The maximum atomic E-state index is 13.6. The largest absolute Gasteiger partial charge is 0.497 e. The molecule has 2 atom stereocenters. The van der Waals surface area contributed by atoms with Crippen molar-refractivity contribution in [2.24, 2.45) is 0 Å². The van der Waals surface area contributed by atoms with Gasteiger partial charge in [-0.05, 0) is 80.0 Å². The van der Waals surface area contributed by atoms with Crippen LogP contribution < -0.4 is 34.8 Å². The SMILES string of the molecule is COc1ccc(C(NS(=O)C(C)(C)C)c2cc(OC)c(OC)cc2P(c2ccccc2)c2ccccc2)cc1. The lowest BCUT2D eigenvalue weighted by atomic mass is 9.99. The van der Waals surface area contributed by atoms with Crippen LogP contribution in [0.4, 0.5) is 0 Å². The van der Waals surface area contributed by atoms with Crippen molar-refractivity contribution in [3.05, 3.63) is 108 Å². The number of benzene rings is 4. The van der Waals surface area contributed by atoms with Crippen LogP contribution >= 0.6 is 7.92 Å². The van der Waals surface area contributed by atoms with Gasteiger partial charge in [-0.15, -0.1) is 0 Å². The van der Waals surface area contributed by atoms with Gasteiger partial charge in [0, 0.05) is 0 Å². The summed E-state index contributed by atoms with van der Waals surface area (Å²) in [7, 11) is 2.61. The van der Waals surface area contributed by atoms with Crippen molar-refractivity contribution in [2.75, 3.05) is 21.3 Å². The molecule has 1 N–H and O–H groups in total. The number of nitrogens with one attached hydrogen (secondary N) is 1. The van der Waals surface area contributed by atoms with E-state index >= 15 is 0 Å². The molecule has 204 valence electrons. The highest BCUT2D eigenvalue weighted by Crippen LogP contribution is 2.41. The molecule has 2 unspecified atom stereocenters. The van der Waals surface area contributed by atoms with Gasteiger partial charge in [0.1, 0.15) is 5.75 Å².